The summed E-state index contributed by atoms with van der Waals surface area (Å²) in [5.74, 6) is -1.02. The van der Waals surface area contributed by atoms with E-state index in [1.165, 1.54) is 12.1 Å². The molecule has 1 rings (SSSR count). The Balaban J connectivity index is 2.77. The zero-order valence-electron chi connectivity index (χ0n) is 7.61. The molecule has 0 aliphatic rings. The molecule has 1 heterocycles. The minimum absolute atomic E-state index is 0.0263. The van der Waals surface area contributed by atoms with Crippen LogP contribution >= 0.6 is 23.2 Å². The third-order valence-corrected chi connectivity index (χ3v) is 1.99. The molecule has 1 aromatic heterocycles. The topological polar surface area (TPSA) is 42.0 Å². The Labute approximate surface area is 98.6 Å². The lowest BCUT2D eigenvalue weighted by Gasteiger charge is -2.08. The van der Waals surface area contributed by atoms with E-state index in [2.05, 4.69) is 4.98 Å². The lowest BCUT2D eigenvalue weighted by Crippen LogP contribution is -2.34. The number of hydrogen-bond acceptors (Lipinski definition) is 2. The van der Waals surface area contributed by atoms with E-state index in [0.29, 0.717) is 0 Å². The van der Waals surface area contributed by atoms with E-state index in [1.54, 1.807) is 5.32 Å². The Morgan fingerprint density at radius 2 is 2.00 bits per heavy atom. The Hall–Kier alpha value is -1.01. The van der Waals surface area contributed by atoms with E-state index in [4.69, 9.17) is 23.2 Å². The van der Waals surface area contributed by atoms with Gasteiger partial charge in [-0.15, -0.1) is 0 Å². The summed E-state index contributed by atoms with van der Waals surface area (Å²) in [5.41, 5.74) is -0.335. The monoisotopic (exact) mass is 272 g/mol. The average Bonchev–Trinajstić information content (AvgIpc) is 2.17. The second kappa shape index (κ2) is 4.88. The first kappa shape index (κ1) is 13.1. The highest BCUT2D eigenvalue weighted by Gasteiger charge is 2.28. The highest BCUT2D eigenvalue weighted by Crippen LogP contribution is 2.17. The van der Waals surface area contributed by atoms with Crippen molar-refractivity contribution in [3.8, 4) is 0 Å². The van der Waals surface area contributed by atoms with E-state index in [9.17, 15) is 18.0 Å². The van der Waals surface area contributed by atoms with Crippen molar-refractivity contribution in [1.29, 1.82) is 0 Å². The summed E-state index contributed by atoms with van der Waals surface area (Å²) in [6.45, 7) is -1.45. The van der Waals surface area contributed by atoms with E-state index in [0.717, 1.165) is 0 Å². The lowest BCUT2D eigenvalue weighted by molar-refractivity contribution is -0.123. The number of aromatic nitrogens is 1. The van der Waals surface area contributed by atoms with Crippen molar-refractivity contribution in [3.63, 3.8) is 0 Å². The molecule has 0 aliphatic carbocycles. The molecular formula is C8H5Cl2F3N2O. The van der Waals surface area contributed by atoms with Crippen molar-refractivity contribution in [3.05, 3.63) is 28.0 Å². The van der Waals surface area contributed by atoms with Crippen LogP contribution in [0.2, 0.25) is 10.2 Å². The van der Waals surface area contributed by atoms with Gasteiger partial charge in [0.15, 0.2) is 0 Å². The Morgan fingerprint density at radius 3 is 2.56 bits per heavy atom. The molecule has 0 spiro atoms. The van der Waals surface area contributed by atoms with Crippen molar-refractivity contribution in [2.75, 3.05) is 6.54 Å². The number of hydrogen-bond donors (Lipinski definition) is 1. The second-order valence-electron chi connectivity index (χ2n) is 2.76. The van der Waals surface area contributed by atoms with Gasteiger partial charge in [-0.1, -0.05) is 23.2 Å². The third kappa shape index (κ3) is 3.86. The largest absolute Gasteiger partial charge is 0.405 e. The van der Waals surface area contributed by atoms with E-state index >= 15 is 0 Å². The summed E-state index contributed by atoms with van der Waals surface area (Å²) in [7, 11) is 0. The van der Waals surface area contributed by atoms with Gasteiger partial charge >= 0.3 is 6.18 Å². The van der Waals surface area contributed by atoms with E-state index in [-0.39, 0.29) is 15.9 Å². The molecule has 1 N–H and O–H groups in total. The smallest absolute Gasteiger partial charge is 0.342 e. The Morgan fingerprint density at radius 1 is 1.38 bits per heavy atom. The zero-order chi connectivity index (χ0) is 12.3. The SMILES string of the molecule is O=C(NCC(F)(F)F)c1nc(Cl)ccc1Cl. The first-order valence-electron chi connectivity index (χ1n) is 3.96. The summed E-state index contributed by atoms with van der Waals surface area (Å²) < 4.78 is 35.5. The van der Waals surface area contributed by atoms with Crippen molar-refractivity contribution in [1.82, 2.24) is 10.3 Å². The maximum Gasteiger partial charge on any atom is 0.405 e. The van der Waals surface area contributed by atoms with Gasteiger partial charge < -0.3 is 5.32 Å². The molecule has 3 nitrogen and oxygen atoms in total. The molecule has 1 amide bonds. The fourth-order valence-corrected chi connectivity index (χ4v) is 1.18. The Kier molecular flexibility index (Phi) is 3.98. The summed E-state index contributed by atoms with van der Waals surface area (Å²) in [6, 6.07) is 2.60. The number of nitrogens with zero attached hydrogens (tertiary/aromatic N) is 1. The predicted octanol–water partition coefficient (Wildman–Crippen LogP) is 2.68. The molecular weight excluding hydrogens is 268 g/mol. The minimum atomic E-state index is -4.49. The van der Waals surface area contributed by atoms with Gasteiger partial charge in [0.1, 0.15) is 17.4 Å². The van der Waals surface area contributed by atoms with Gasteiger partial charge in [-0.25, -0.2) is 4.98 Å². The van der Waals surface area contributed by atoms with Crippen LogP contribution in [0.3, 0.4) is 0 Å². The second-order valence-corrected chi connectivity index (χ2v) is 3.56. The predicted molar refractivity (Wildman–Crippen MR) is 52.6 cm³/mol. The van der Waals surface area contributed by atoms with E-state index < -0.39 is 18.6 Å². The van der Waals surface area contributed by atoms with Crippen molar-refractivity contribution < 1.29 is 18.0 Å². The van der Waals surface area contributed by atoms with Crippen LogP contribution in [-0.4, -0.2) is 23.6 Å². The molecule has 8 heteroatoms. The average molecular weight is 273 g/mol. The molecule has 16 heavy (non-hydrogen) atoms. The lowest BCUT2D eigenvalue weighted by atomic mass is 10.3. The van der Waals surface area contributed by atoms with Crippen LogP contribution < -0.4 is 5.32 Å². The van der Waals surface area contributed by atoms with Gasteiger partial charge in [-0.2, -0.15) is 13.2 Å². The fraction of sp³-hybridized carbons (Fsp3) is 0.250. The number of carbonyl (C=O) groups excluding carboxylic acids is 1. The Bertz CT molecular complexity index is 409. The summed E-state index contributed by atoms with van der Waals surface area (Å²) in [6.07, 6.45) is -4.49. The van der Waals surface area contributed by atoms with Crippen molar-refractivity contribution in [2.45, 2.75) is 6.18 Å². The fourth-order valence-electron chi connectivity index (χ4n) is 0.842. The van der Waals surface area contributed by atoms with Crippen LogP contribution in [-0.2, 0) is 0 Å². The summed E-state index contributed by atoms with van der Waals surface area (Å²) in [5, 5.41) is 1.55. The molecule has 0 radical (unpaired) electrons. The molecule has 0 saturated carbocycles. The standard InChI is InChI=1S/C8H5Cl2F3N2O/c9-4-1-2-5(10)15-6(4)7(16)14-3-8(11,12)13/h1-2H,3H2,(H,14,16). The molecule has 0 aliphatic heterocycles. The van der Waals surface area contributed by atoms with Crippen LogP contribution in [0.25, 0.3) is 0 Å². The number of alkyl halides is 3. The number of rotatable bonds is 2. The maximum atomic E-state index is 11.8. The number of halogens is 5. The highest BCUT2D eigenvalue weighted by molar-refractivity contribution is 6.34. The summed E-state index contributed by atoms with van der Waals surface area (Å²) >= 11 is 11.1. The van der Waals surface area contributed by atoms with Gasteiger partial charge in [0.25, 0.3) is 5.91 Å². The van der Waals surface area contributed by atoms with Crippen LogP contribution in [0, 0.1) is 0 Å². The number of nitrogens with one attached hydrogen (secondary N) is 1. The first-order valence-corrected chi connectivity index (χ1v) is 4.72. The molecule has 88 valence electrons. The van der Waals surface area contributed by atoms with Gasteiger partial charge in [0, 0.05) is 0 Å². The van der Waals surface area contributed by atoms with Gasteiger partial charge in [0.05, 0.1) is 5.02 Å². The van der Waals surface area contributed by atoms with Gasteiger partial charge in [0.2, 0.25) is 0 Å². The molecule has 0 atom stereocenters. The van der Waals surface area contributed by atoms with Crippen molar-refractivity contribution >= 4 is 29.1 Å². The van der Waals surface area contributed by atoms with Gasteiger partial charge in [-0.3, -0.25) is 4.79 Å². The van der Waals surface area contributed by atoms with Crippen molar-refractivity contribution in [2.24, 2.45) is 0 Å². The van der Waals surface area contributed by atoms with Crippen LogP contribution in [0.1, 0.15) is 10.5 Å². The van der Waals surface area contributed by atoms with Crippen LogP contribution in [0.5, 0.6) is 0 Å². The first-order chi connectivity index (χ1) is 7.29. The molecule has 0 saturated heterocycles. The molecule has 1 aromatic rings. The molecule has 0 bridgehead atoms. The molecule has 0 aromatic carbocycles. The van der Waals surface area contributed by atoms with E-state index in [1.807, 2.05) is 0 Å². The normalized spacial score (nSPS) is 11.3. The number of amides is 1. The van der Waals surface area contributed by atoms with Crippen LogP contribution in [0.15, 0.2) is 12.1 Å². The quantitative estimate of drug-likeness (QED) is 0.842. The summed E-state index contributed by atoms with van der Waals surface area (Å²) in [4.78, 5) is 14.8. The zero-order valence-corrected chi connectivity index (χ0v) is 9.12. The third-order valence-electron chi connectivity index (χ3n) is 1.48. The number of carbonyl (C=O) groups is 1. The van der Waals surface area contributed by atoms with Crippen LogP contribution in [0.4, 0.5) is 13.2 Å². The van der Waals surface area contributed by atoms with Gasteiger partial charge in [-0.05, 0) is 12.1 Å². The maximum absolute atomic E-state index is 11.8. The molecule has 0 fully saturated rings. The molecule has 0 unspecified atom stereocenters. The minimum Gasteiger partial charge on any atom is -0.342 e. The highest BCUT2D eigenvalue weighted by atomic mass is 35.5. The number of pyridine rings is 1.